The van der Waals surface area contributed by atoms with Crippen LogP contribution in [0.15, 0.2) is 23.2 Å². The van der Waals surface area contributed by atoms with Crippen LogP contribution in [0.3, 0.4) is 0 Å². The van der Waals surface area contributed by atoms with Gasteiger partial charge in [-0.25, -0.2) is 0 Å². The van der Waals surface area contributed by atoms with E-state index in [1.54, 1.807) is 14.2 Å². The summed E-state index contributed by atoms with van der Waals surface area (Å²) in [7, 11) is 3.42. The molecule has 0 unspecified atom stereocenters. The van der Waals surface area contributed by atoms with Crippen LogP contribution >= 0.6 is 0 Å². The lowest BCUT2D eigenvalue weighted by atomic mass is 10.1. The van der Waals surface area contributed by atoms with Crippen LogP contribution in [0.1, 0.15) is 25.0 Å². The summed E-state index contributed by atoms with van der Waals surface area (Å²) in [6.45, 7) is 7.77. The number of carbonyl (C=O) groups excluding carboxylic acids is 1. The Bertz CT molecular complexity index is 556. The van der Waals surface area contributed by atoms with Crippen molar-refractivity contribution >= 4 is 11.9 Å². The molecular formula is C18H30N4O2. The van der Waals surface area contributed by atoms with Gasteiger partial charge in [-0.15, -0.1) is 0 Å². The first-order valence-electron chi connectivity index (χ1n) is 8.33. The first kappa shape index (κ1) is 19.8. The Hall–Kier alpha value is -2.24. The zero-order chi connectivity index (χ0) is 17.9. The average Bonchev–Trinajstić information content (AvgIpc) is 2.57. The number of methoxy groups -OCH3 is 1. The van der Waals surface area contributed by atoms with Crippen LogP contribution in [0.5, 0.6) is 5.75 Å². The highest BCUT2D eigenvalue weighted by Gasteiger charge is 2.05. The summed E-state index contributed by atoms with van der Waals surface area (Å²) >= 11 is 0. The second kappa shape index (κ2) is 10.5. The van der Waals surface area contributed by atoms with E-state index in [1.165, 1.54) is 5.56 Å². The topological polar surface area (TPSA) is 74.8 Å². The molecule has 6 nitrogen and oxygen atoms in total. The Kier molecular flexibility index (Phi) is 8.68. The van der Waals surface area contributed by atoms with Gasteiger partial charge in [0.15, 0.2) is 5.96 Å². The fourth-order valence-electron chi connectivity index (χ4n) is 2.14. The maximum Gasteiger partial charge on any atom is 0.222 e. The van der Waals surface area contributed by atoms with Crippen LogP contribution in [-0.4, -0.2) is 45.7 Å². The summed E-state index contributed by atoms with van der Waals surface area (Å²) in [4.78, 5) is 15.6. The van der Waals surface area contributed by atoms with Gasteiger partial charge in [0, 0.05) is 32.6 Å². The van der Waals surface area contributed by atoms with Crippen LogP contribution < -0.4 is 20.7 Å². The van der Waals surface area contributed by atoms with Crippen molar-refractivity contribution in [3.05, 3.63) is 29.3 Å². The quantitative estimate of drug-likeness (QED) is 0.382. The second-order valence-corrected chi connectivity index (χ2v) is 5.93. The van der Waals surface area contributed by atoms with E-state index in [0.717, 1.165) is 30.2 Å². The Balaban J connectivity index is 2.30. The molecule has 1 rings (SSSR count). The number of amides is 1. The Labute approximate surface area is 145 Å². The standard InChI is InChI=1S/C18H30N4O2/c1-13(2)17(23)20-10-11-22-18(19-4)21-9-8-15-7-6-14(3)16(12-15)24-5/h6-7,12-13H,8-11H2,1-5H3,(H,20,23)(H2,19,21,22). The summed E-state index contributed by atoms with van der Waals surface area (Å²) in [5, 5.41) is 9.31. The van der Waals surface area contributed by atoms with E-state index in [4.69, 9.17) is 4.74 Å². The number of guanidine groups is 1. The summed E-state index contributed by atoms with van der Waals surface area (Å²) in [5.74, 6) is 1.71. The lowest BCUT2D eigenvalue weighted by Gasteiger charge is -2.13. The van der Waals surface area contributed by atoms with E-state index in [2.05, 4.69) is 39.1 Å². The molecule has 1 aromatic carbocycles. The van der Waals surface area contributed by atoms with E-state index in [9.17, 15) is 4.79 Å². The monoisotopic (exact) mass is 334 g/mol. The van der Waals surface area contributed by atoms with Gasteiger partial charge in [0.2, 0.25) is 5.91 Å². The van der Waals surface area contributed by atoms with Gasteiger partial charge >= 0.3 is 0 Å². The summed E-state index contributed by atoms with van der Waals surface area (Å²) in [6, 6.07) is 6.24. The van der Waals surface area contributed by atoms with Crippen molar-refractivity contribution < 1.29 is 9.53 Å². The predicted molar refractivity (Wildman–Crippen MR) is 98.6 cm³/mol. The van der Waals surface area contributed by atoms with Gasteiger partial charge in [0.1, 0.15) is 5.75 Å². The molecule has 0 aromatic heterocycles. The minimum Gasteiger partial charge on any atom is -0.496 e. The number of aliphatic imine (C=N–C) groups is 1. The fraction of sp³-hybridized carbons (Fsp3) is 0.556. The van der Waals surface area contributed by atoms with Gasteiger partial charge in [-0.05, 0) is 30.5 Å². The van der Waals surface area contributed by atoms with E-state index in [0.29, 0.717) is 13.1 Å². The zero-order valence-electron chi connectivity index (χ0n) is 15.4. The maximum absolute atomic E-state index is 11.5. The van der Waals surface area contributed by atoms with Gasteiger partial charge < -0.3 is 20.7 Å². The first-order valence-corrected chi connectivity index (χ1v) is 8.33. The number of nitrogens with zero attached hydrogens (tertiary/aromatic N) is 1. The number of benzene rings is 1. The molecule has 0 aliphatic carbocycles. The van der Waals surface area contributed by atoms with Crippen LogP contribution in [0, 0.1) is 12.8 Å². The average molecular weight is 334 g/mol. The highest BCUT2D eigenvalue weighted by Crippen LogP contribution is 2.18. The van der Waals surface area contributed by atoms with Crippen molar-refractivity contribution in [3.8, 4) is 5.75 Å². The third kappa shape index (κ3) is 6.89. The van der Waals surface area contributed by atoms with Crippen molar-refractivity contribution in [3.63, 3.8) is 0 Å². The zero-order valence-corrected chi connectivity index (χ0v) is 15.4. The fourth-order valence-corrected chi connectivity index (χ4v) is 2.14. The third-order valence-corrected chi connectivity index (χ3v) is 3.64. The molecule has 0 radical (unpaired) electrons. The molecule has 0 fully saturated rings. The molecule has 0 saturated heterocycles. The predicted octanol–water partition coefficient (Wildman–Crippen LogP) is 1.48. The van der Waals surface area contributed by atoms with E-state index in [1.807, 2.05) is 20.8 Å². The van der Waals surface area contributed by atoms with Gasteiger partial charge in [0.05, 0.1) is 7.11 Å². The molecule has 24 heavy (non-hydrogen) atoms. The first-order chi connectivity index (χ1) is 11.5. The Morgan fingerprint density at radius 2 is 1.83 bits per heavy atom. The van der Waals surface area contributed by atoms with Crippen molar-refractivity contribution in [2.24, 2.45) is 10.9 Å². The molecule has 3 N–H and O–H groups in total. The molecule has 134 valence electrons. The van der Waals surface area contributed by atoms with Crippen molar-refractivity contribution in [1.82, 2.24) is 16.0 Å². The third-order valence-electron chi connectivity index (χ3n) is 3.64. The summed E-state index contributed by atoms with van der Waals surface area (Å²) in [5.41, 5.74) is 2.35. The Morgan fingerprint density at radius 1 is 1.17 bits per heavy atom. The minimum atomic E-state index is 0.00828. The molecule has 1 amide bonds. The summed E-state index contributed by atoms with van der Waals surface area (Å²) < 4.78 is 5.34. The number of hydrogen-bond donors (Lipinski definition) is 3. The van der Waals surface area contributed by atoms with E-state index < -0.39 is 0 Å². The second-order valence-electron chi connectivity index (χ2n) is 5.93. The van der Waals surface area contributed by atoms with E-state index >= 15 is 0 Å². The molecule has 6 heteroatoms. The van der Waals surface area contributed by atoms with Crippen LogP contribution in [0.4, 0.5) is 0 Å². The minimum absolute atomic E-state index is 0.00828. The van der Waals surface area contributed by atoms with Gasteiger partial charge in [-0.1, -0.05) is 26.0 Å². The number of rotatable bonds is 8. The van der Waals surface area contributed by atoms with Crippen LogP contribution in [0.2, 0.25) is 0 Å². The van der Waals surface area contributed by atoms with Gasteiger partial charge in [-0.2, -0.15) is 0 Å². The molecule has 0 atom stereocenters. The highest BCUT2D eigenvalue weighted by atomic mass is 16.5. The van der Waals surface area contributed by atoms with Gasteiger partial charge in [-0.3, -0.25) is 9.79 Å². The molecule has 1 aromatic rings. The SMILES string of the molecule is CN=C(NCCNC(=O)C(C)C)NCCc1ccc(C)c(OC)c1. The van der Waals surface area contributed by atoms with Crippen LogP contribution in [0.25, 0.3) is 0 Å². The number of ether oxygens (including phenoxy) is 1. The molecule has 0 saturated carbocycles. The number of aryl methyl sites for hydroxylation is 1. The molecule has 0 aliphatic heterocycles. The summed E-state index contributed by atoms with van der Waals surface area (Å²) in [6.07, 6.45) is 0.876. The number of nitrogens with one attached hydrogen (secondary N) is 3. The molecule has 0 heterocycles. The van der Waals surface area contributed by atoms with E-state index in [-0.39, 0.29) is 11.8 Å². The van der Waals surface area contributed by atoms with Crippen LogP contribution in [-0.2, 0) is 11.2 Å². The largest absolute Gasteiger partial charge is 0.496 e. The molecule has 0 spiro atoms. The molecule has 0 aliphatic rings. The smallest absolute Gasteiger partial charge is 0.222 e. The number of carbonyl (C=O) groups is 1. The molecule has 0 bridgehead atoms. The molecular weight excluding hydrogens is 304 g/mol. The normalized spacial score (nSPS) is 11.3. The lowest BCUT2D eigenvalue weighted by molar-refractivity contribution is -0.123. The van der Waals surface area contributed by atoms with Crippen molar-refractivity contribution in [1.29, 1.82) is 0 Å². The maximum atomic E-state index is 11.5. The van der Waals surface area contributed by atoms with Crippen molar-refractivity contribution in [2.75, 3.05) is 33.8 Å². The Morgan fingerprint density at radius 3 is 2.46 bits per heavy atom. The van der Waals surface area contributed by atoms with Crippen molar-refractivity contribution in [2.45, 2.75) is 27.2 Å². The highest BCUT2D eigenvalue weighted by molar-refractivity contribution is 5.80. The lowest BCUT2D eigenvalue weighted by Crippen LogP contribution is -2.42. The van der Waals surface area contributed by atoms with Gasteiger partial charge in [0.25, 0.3) is 0 Å². The number of hydrogen-bond acceptors (Lipinski definition) is 3.